The highest BCUT2D eigenvalue weighted by Crippen LogP contribution is 2.11. The van der Waals surface area contributed by atoms with E-state index in [-0.39, 0.29) is 18.6 Å². The van der Waals surface area contributed by atoms with Crippen LogP contribution in [0.1, 0.15) is 0 Å². The standard InChI is InChI=1S/C8H9F3IN3O/c9-8(10,11)4-13-1-2-15-5-14-3-6(12)7(15)16/h3,5,13H,1-2,4H2. The Balaban J connectivity index is 2.44. The van der Waals surface area contributed by atoms with Crippen molar-refractivity contribution in [1.82, 2.24) is 14.9 Å². The van der Waals surface area contributed by atoms with Crippen molar-refractivity contribution < 1.29 is 13.2 Å². The summed E-state index contributed by atoms with van der Waals surface area (Å²) in [4.78, 5) is 15.2. The van der Waals surface area contributed by atoms with Crippen LogP contribution in [0.25, 0.3) is 0 Å². The Morgan fingerprint density at radius 1 is 1.50 bits per heavy atom. The number of nitrogens with zero attached hydrogens (tertiary/aromatic N) is 2. The number of hydrogen-bond donors (Lipinski definition) is 1. The molecule has 1 rings (SSSR count). The highest BCUT2D eigenvalue weighted by atomic mass is 127. The maximum absolute atomic E-state index is 11.8. The molecule has 0 aromatic carbocycles. The van der Waals surface area contributed by atoms with E-state index in [9.17, 15) is 18.0 Å². The largest absolute Gasteiger partial charge is 0.401 e. The van der Waals surface area contributed by atoms with Gasteiger partial charge in [0, 0.05) is 19.3 Å². The fourth-order valence-electron chi connectivity index (χ4n) is 1.01. The topological polar surface area (TPSA) is 46.9 Å². The third kappa shape index (κ3) is 4.47. The second kappa shape index (κ2) is 5.62. The van der Waals surface area contributed by atoms with Crippen LogP contribution in [0.4, 0.5) is 13.2 Å². The molecule has 1 N–H and O–H groups in total. The van der Waals surface area contributed by atoms with Crippen molar-refractivity contribution in [3.8, 4) is 0 Å². The van der Waals surface area contributed by atoms with Gasteiger partial charge in [0.15, 0.2) is 0 Å². The normalized spacial score (nSPS) is 11.8. The Bertz CT molecular complexity index is 404. The molecule has 1 aromatic heterocycles. The highest BCUT2D eigenvalue weighted by molar-refractivity contribution is 14.1. The van der Waals surface area contributed by atoms with Gasteiger partial charge in [0.1, 0.15) is 0 Å². The number of nitrogens with one attached hydrogen (secondary N) is 1. The van der Waals surface area contributed by atoms with Gasteiger partial charge in [-0.15, -0.1) is 0 Å². The fraction of sp³-hybridized carbons (Fsp3) is 0.500. The van der Waals surface area contributed by atoms with Crippen molar-refractivity contribution in [2.24, 2.45) is 0 Å². The predicted octanol–water partition coefficient (Wildman–Crippen LogP) is 1.000. The van der Waals surface area contributed by atoms with Crippen LogP contribution in [-0.4, -0.2) is 28.8 Å². The van der Waals surface area contributed by atoms with Crippen molar-refractivity contribution in [2.45, 2.75) is 12.7 Å². The molecule has 0 unspecified atom stereocenters. The maximum atomic E-state index is 11.8. The van der Waals surface area contributed by atoms with Crippen LogP contribution in [0.3, 0.4) is 0 Å². The summed E-state index contributed by atoms with van der Waals surface area (Å²) in [5.41, 5.74) is -0.246. The molecule has 0 fully saturated rings. The Hall–Kier alpha value is -0.640. The van der Waals surface area contributed by atoms with Crippen LogP contribution < -0.4 is 10.9 Å². The lowest BCUT2D eigenvalue weighted by atomic mass is 10.5. The van der Waals surface area contributed by atoms with E-state index in [0.29, 0.717) is 3.57 Å². The predicted molar refractivity (Wildman–Crippen MR) is 60.1 cm³/mol. The lowest BCUT2D eigenvalue weighted by Gasteiger charge is -2.09. The van der Waals surface area contributed by atoms with Crippen molar-refractivity contribution in [3.05, 3.63) is 26.4 Å². The monoisotopic (exact) mass is 347 g/mol. The van der Waals surface area contributed by atoms with E-state index in [1.807, 2.05) is 22.6 Å². The van der Waals surface area contributed by atoms with Crippen molar-refractivity contribution in [3.63, 3.8) is 0 Å². The van der Waals surface area contributed by atoms with Crippen LogP contribution in [0, 0.1) is 3.57 Å². The molecule has 0 aliphatic rings. The molecule has 0 amide bonds. The first kappa shape index (κ1) is 13.4. The molecular formula is C8H9F3IN3O. The Labute approximate surface area is 103 Å². The molecule has 90 valence electrons. The second-order valence-corrected chi connectivity index (χ2v) is 4.19. The molecule has 16 heavy (non-hydrogen) atoms. The Kier molecular flexibility index (Phi) is 4.71. The fourth-order valence-corrected chi connectivity index (χ4v) is 1.48. The van der Waals surface area contributed by atoms with Crippen LogP contribution in [0.5, 0.6) is 0 Å². The van der Waals surface area contributed by atoms with Gasteiger partial charge >= 0.3 is 6.18 Å². The van der Waals surface area contributed by atoms with Crippen LogP contribution in [-0.2, 0) is 6.54 Å². The summed E-state index contributed by atoms with van der Waals surface area (Å²) in [7, 11) is 0. The van der Waals surface area contributed by atoms with E-state index in [4.69, 9.17) is 0 Å². The summed E-state index contributed by atoms with van der Waals surface area (Å²) in [6, 6.07) is 0. The Morgan fingerprint density at radius 3 is 2.81 bits per heavy atom. The number of alkyl halides is 3. The number of aromatic nitrogens is 2. The first-order chi connectivity index (χ1) is 7.40. The van der Waals surface area contributed by atoms with Gasteiger partial charge in [0.2, 0.25) is 0 Å². The highest BCUT2D eigenvalue weighted by Gasteiger charge is 2.25. The van der Waals surface area contributed by atoms with Gasteiger partial charge in [0.25, 0.3) is 5.56 Å². The lowest BCUT2D eigenvalue weighted by Crippen LogP contribution is -2.33. The van der Waals surface area contributed by atoms with Crippen molar-refractivity contribution >= 4 is 22.6 Å². The number of hydrogen-bond acceptors (Lipinski definition) is 3. The summed E-state index contributed by atoms with van der Waals surface area (Å²) in [6.07, 6.45) is -1.52. The summed E-state index contributed by atoms with van der Waals surface area (Å²) < 4.78 is 37.1. The molecule has 0 aliphatic heterocycles. The van der Waals surface area contributed by atoms with E-state index in [0.717, 1.165) is 0 Å². The summed E-state index contributed by atoms with van der Waals surface area (Å²) in [5, 5.41) is 2.21. The van der Waals surface area contributed by atoms with Gasteiger partial charge in [-0.1, -0.05) is 0 Å². The molecule has 0 saturated carbocycles. The summed E-state index contributed by atoms with van der Waals surface area (Å²) in [6.45, 7) is -0.820. The molecule has 1 heterocycles. The molecule has 0 aliphatic carbocycles. The van der Waals surface area contributed by atoms with Crippen LogP contribution in [0.15, 0.2) is 17.3 Å². The van der Waals surface area contributed by atoms with Gasteiger partial charge in [-0.3, -0.25) is 9.36 Å². The first-order valence-electron chi connectivity index (χ1n) is 4.37. The van der Waals surface area contributed by atoms with E-state index in [2.05, 4.69) is 10.3 Å². The molecule has 8 heteroatoms. The smallest absolute Gasteiger partial charge is 0.307 e. The zero-order valence-electron chi connectivity index (χ0n) is 8.09. The molecule has 0 radical (unpaired) electrons. The SMILES string of the molecule is O=c1c(I)cncn1CCNCC(F)(F)F. The van der Waals surface area contributed by atoms with E-state index in [1.165, 1.54) is 17.1 Å². The third-order valence-corrected chi connectivity index (χ3v) is 2.45. The molecule has 0 atom stereocenters. The van der Waals surface area contributed by atoms with Crippen molar-refractivity contribution in [1.29, 1.82) is 0 Å². The first-order valence-corrected chi connectivity index (χ1v) is 5.45. The summed E-state index contributed by atoms with van der Waals surface area (Å²) in [5.74, 6) is 0. The molecule has 4 nitrogen and oxygen atoms in total. The average Bonchev–Trinajstić information content (AvgIpc) is 2.17. The third-order valence-electron chi connectivity index (χ3n) is 1.71. The van der Waals surface area contributed by atoms with Gasteiger partial charge in [0.05, 0.1) is 16.4 Å². The van der Waals surface area contributed by atoms with Gasteiger partial charge in [-0.25, -0.2) is 4.98 Å². The van der Waals surface area contributed by atoms with E-state index >= 15 is 0 Å². The molecule has 0 bridgehead atoms. The molecule has 1 aromatic rings. The maximum Gasteiger partial charge on any atom is 0.401 e. The average molecular weight is 347 g/mol. The van der Waals surface area contributed by atoms with Gasteiger partial charge in [-0.2, -0.15) is 13.2 Å². The quantitative estimate of drug-likeness (QED) is 0.653. The number of halogens is 4. The molecular weight excluding hydrogens is 338 g/mol. The lowest BCUT2D eigenvalue weighted by molar-refractivity contribution is -0.124. The zero-order valence-corrected chi connectivity index (χ0v) is 10.2. The zero-order chi connectivity index (χ0) is 12.2. The van der Waals surface area contributed by atoms with Gasteiger partial charge in [-0.05, 0) is 22.6 Å². The van der Waals surface area contributed by atoms with E-state index in [1.54, 1.807) is 0 Å². The molecule has 0 spiro atoms. The van der Waals surface area contributed by atoms with Crippen LogP contribution >= 0.6 is 22.6 Å². The summed E-state index contributed by atoms with van der Waals surface area (Å²) >= 11 is 1.83. The van der Waals surface area contributed by atoms with E-state index < -0.39 is 12.7 Å². The van der Waals surface area contributed by atoms with Crippen molar-refractivity contribution in [2.75, 3.05) is 13.1 Å². The van der Waals surface area contributed by atoms with Gasteiger partial charge < -0.3 is 5.32 Å². The minimum absolute atomic E-state index is 0.0706. The minimum atomic E-state index is -4.23. The Morgan fingerprint density at radius 2 is 2.19 bits per heavy atom. The number of rotatable bonds is 4. The minimum Gasteiger partial charge on any atom is -0.307 e. The van der Waals surface area contributed by atoms with Crippen LogP contribution in [0.2, 0.25) is 0 Å². The second-order valence-electron chi connectivity index (χ2n) is 3.03. The molecule has 0 saturated heterocycles.